The molecule has 158 valence electrons. The highest BCUT2D eigenvalue weighted by molar-refractivity contribution is 6.18. The second kappa shape index (κ2) is 6.94. The van der Waals surface area contributed by atoms with E-state index in [2.05, 4.69) is 103 Å². The molecule has 4 aromatic carbocycles. The first-order valence-corrected chi connectivity index (χ1v) is 11.4. The summed E-state index contributed by atoms with van der Waals surface area (Å²) in [6.07, 6.45) is 8.60. The zero-order valence-electron chi connectivity index (χ0n) is 18.3. The van der Waals surface area contributed by atoms with Crippen LogP contribution in [0.2, 0.25) is 0 Å². The van der Waals surface area contributed by atoms with Gasteiger partial charge in [0.25, 0.3) is 0 Å². The maximum Gasteiger partial charge on any atom is 0.143 e. The molecule has 2 unspecified atom stereocenters. The number of hydrogen-bond acceptors (Lipinski definition) is 3. The molecule has 1 aliphatic heterocycles. The van der Waals surface area contributed by atoms with E-state index < -0.39 is 0 Å². The lowest BCUT2D eigenvalue weighted by molar-refractivity contribution is 0.437. The standard InChI is InChI=1S/C30H22N2O/c1-32-26-12-6-5-11-25(26)31-30(32)20-16-14-19(15-17-20)28-22-9-3-2-8-21(22)18-24-23-10-4-7-13-27(23)33-29(24)28/h2-18,25-26H,1H3. The molecule has 2 heterocycles. The zero-order chi connectivity index (χ0) is 21.9. The predicted molar refractivity (Wildman–Crippen MR) is 137 cm³/mol. The average molecular weight is 427 g/mol. The van der Waals surface area contributed by atoms with Crippen molar-refractivity contribution in [2.45, 2.75) is 12.1 Å². The molecule has 2 aliphatic rings. The Morgan fingerprint density at radius 1 is 0.758 bits per heavy atom. The lowest BCUT2D eigenvalue weighted by Gasteiger charge is -2.24. The van der Waals surface area contributed by atoms with E-state index in [4.69, 9.17) is 9.41 Å². The molecule has 3 heteroatoms. The van der Waals surface area contributed by atoms with Crippen molar-refractivity contribution >= 4 is 38.5 Å². The van der Waals surface area contributed by atoms with Gasteiger partial charge in [0.2, 0.25) is 0 Å². The number of likely N-dealkylation sites (N-methyl/N-ethyl adjacent to an activating group) is 1. The van der Waals surface area contributed by atoms with E-state index in [9.17, 15) is 0 Å². The van der Waals surface area contributed by atoms with E-state index >= 15 is 0 Å². The van der Waals surface area contributed by atoms with Gasteiger partial charge in [0.1, 0.15) is 17.0 Å². The maximum absolute atomic E-state index is 6.41. The summed E-state index contributed by atoms with van der Waals surface area (Å²) >= 11 is 0. The second-order valence-electron chi connectivity index (χ2n) is 8.84. The van der Waals surface area contributed by atoms with Gasteiger partial charge in [0.05, 0.1) is 12.1 Å². The van der Waals surface area contributed by atoms with Crippen molar-refractivity contribution in [1.29, 1.82) is 0 Å². The van der Waals surface area contributed by atoms with Crippen LogP contribution < -0.4 is 0 Å². The van der Waals surface area contributed by atoms with Gasteiger partial charge in [-0.1, -0.05) is 91.0 Å². The summed E-state index contributed by atoms with van der Waals surface area (Å²) < 4.78 is 6.41. The lowest BCUT2D eigenvalue weighted by Crippen LogP contribution is -2.35. The molecule has 1 aromatic heterocycles. The molecule has 0 fully saturated rings. The van der Waals surface area contributed by atoms with Gasteiger partial charge >= 0.3 is 0 Å². The number of benzene rings is 4. The SMILES string of the molecule is CN1C(c2ccc(-c3c4ccccc4cc4c3oc3ccccc34)cc2)=NC2C=CC=CC21. The quantitative estimate of drug-likeness (QED) is 0.305. The Balaban J connectivity index is 1.40. The van der Waals surface area contributed by atoms with E-state index in [1.165, 1.54) is 10.8 Å². The minimum Gasteiger partial charge on any atom is -0.455 e. The summed E-state index contributed by atoms with van der Waals surface area (Å²) in [6.45, 7) is 0. The predicted octanol–water partition coefficient (Wildman–Crippen LogP) is 6.96. The van der Waals surface area contributed by atoms with Gasteiger partial charge in [0.15, 0.2) is 0 Å². The van der Waals surface area contributed by atoms with Crippen molar-refractivity contribution in [3.8, 4) is 11.1 Å². The van der Waals surface area contributed by atoms with Crippen molar-refractivity contribution in [1.82, 2.24) is 4.90 Å². The van der Waals surface area contributed by atoms with Crippen molar-refractivity contribution in [2.75, 3.05) is 7.05 Å². The third kappa shape index (κ3) is 2.72. The number of fused-ring (bicyclic) bond motifs is 5. The van der Waals surface area contributed by atoms with E-state index in [1.807, 2.05) is 12.1 Å². The molecular formula is C30H22N2O. The van der Waals surface area contributed by atoms with Crippen LogP contribution in [0.1, 0.15) is 5.56 Å². The molecule has 0 amide bonds. The first-order valence-electron chi connectivity index (χ1n) is 11.4. The van der Waals surface area contributed by atoms with Crippen LogP contribution >= 0.6 is 0 Å². The number of rotatable bonds is 2. The molecule has 0 bridgehead atoms. The smallest absolute Gasteiger partial charge is 0.143 e. The molecule has 2 atom stereocenters. The van der Waals surface area contributed by atoms with E-state index in [-0.39, 0.29) is 6.04 Å². The van der Waals surface area contributed by atoms with E-state index in [0.29, 0.717) is 6.04 Å². The number of para-hydroxylation sites is 1. The van der Waals surface area contributed by atoms with Gasteiger partial charge < -0.3 is 9.32 Å². The fraction of sp³-hybridized carbons (Fsp3) is 0.100. The van der Waals surface area contributed by atoms with Crippen LogP contribution in [0.25, 0.3) is 43.8 Å². The first-order chi connectivity index (χ1) is 16.3. The summed E-state index contributed by atoms with van der Waals surface area (Å²) in [5, 5.41) is 4.74. The Hall–Kier alpha value is -4.11. The lowest BCUT2D eigenvalue weighted by atomic mass is 9.94. The maximum atomic E-state index is 6.41. The molecule has 0 radical (unpaired) electrons. The monoisotopic (exact) mass is 426 g/mol. The Labute approximate surface area is 192 Å². The molecule has 7 rings (SSSR count). The molecular weight excluding hydrogens is 404 g/mol. The van der Waals surface area contributed by atoms with Gasteiger partial charge in [-0.2, -0.15) is 0 Å². The van der Waals surface area contributed by atoms with Crippen LogP contribution in [0.4, 0.5) is 0 Å². The van der Waals surface area contributed by atoms with Crippen LogP contribution in [-0.4, -0.2) is 29.9 Å². The highest BCUT2D eigenvalue weighted by atomic mass is 16.3. The van der Waals surface area contributed by atoms with Crippen LogP contribution in [0.3, 0.4) is 0 Å². The minimum atomic E-state index is 0.197. The van der Waals surface area contributed by atoms with Gasteiger partial charge in [-0.05, 0) is 28.5 Å². The third-order valence-corrected chi connectivity index (χ3v) is 6.95. The molecule has 1 aliphatic carbocycles. The number of nitrogens with zero attached hydrogens (tertiary/aromatic N) is 2. The fourth-order valence-electron chi connectivity index (χ4n) is 5.31. The van der Waals surface area contributed by atoms with Gasteiger partial charge in [-0.15, -0.1) is 0 Å². The Morgan fingerprint density at radius 3 is 2.33 bits per heavy atom. The van der Waals surface area contributed by atoms with Crippen molar-refractivity contribution in [2.24, 2.45) is 4.99 Å². The molecule has 0 spiro atoms. The van der Waals surface area contributed by atoms with Crippen LogP contribution in [0.5, 0.6) is 0 Å². The molecule has 3 nitrogen and oxygen atoms in total. The third-order valence-electron chi connectivity index (χ3n) is 6.95. The summed E-state index contributed by atoms with van der Waals surface area (Å²) in [7, 11) is 2.13. The highest BCUT2D eigenvalue weighted by Crippen LogP contribution is 2.41. The van der Waals surface area contributed by atoms with Crippen molar-refractivity contribution in [3.63, 3.8) is 0 Å². The largest absolute Gasteiger partial charge is 0.455 e. The first kappa shape index (κ1) is 18.5. The average Bonchev–Trinajstić information content (AvgIpc) is 3.40. The van der Waals surface area contributed by atoms with E-state index in [1.54, 1.807) is 0 Å². The van der Waals surface area contributed by atoms with Crippen molar-refractivity contribution in [3.05, 3.63) is 109 Å². The van der Waals surface area contributed by atoms with Crippen LogP contribution in [-0.2, 0) is 0 Å². The van der Waals surface area contributed by atoms with Gasteiger partial charge in [-0.25, -0.2) is 0 Å². The summed E-state index contributed by atoms with van der Waals surface area (Å²) in [5.41, 5.74) is 5.30. The van der Waals surface area contributed by atoms with E-state index in [0.717, 1.165) is 44.5 Å². The topological polar surface area (TPSA) is 28.7 Å². The summed E-state index contributed by atoms with van der Waals surface area (Å²) in [5.74, 6) is 1.04. The molecule has 5 aromatic rings. The normalized spacial score (nSPS) is 19.5. The summed E-state index contributed by atoms with van der Waals surface area (Å²) in [4.78, 5) is 7.25. The number of aliphatic imine (C=N–C) groups is 1. The molecule has 0 saturated carbocycles. The van der Waals surface area contributed by atoms with Crippen LogP contribution in [0.15, 0.2) is 113 Å². The number of furan rings is 1. The number of amidine groups is 1. The Bertz CT molecular complexity index is 1640. The van der Waals surface area contributed by atoms with Gasteiger partial charge in [-0.3, -0.25) is 4.99 Å². The zero-order valence-corrected chi connectivity index (χ0v) is 18.3. The Morgan fingerprint density at radius 2 is 1.48 bits per heavy atom. The molecule has 0 N–H and O–H groups in total. The number of allylic oxidation sites excluding steroid dienone is 2. The fourth-order valence-corrected chi connectivity index (χ4v) is 5.31. The Kier molecular flexibility index (Phi) is 3.88. The summed E-state index contributed by atoms with van der Waals surface area (Å²) in [6, 6.07) is 28.4. The highest BCUT2D eigenvalue weighted by Gasteiger charge is 2.31. The minimum absolute atomic E-state index is 0.197. The van der Waals surface area contributed by atoms with Gasteiger partial charge in [0, 0.05) is 28.9 Å². The van der Waals surface area contributed by atoms with Crippen LogP contribution in [0, 0.1) is 0 Å². The number of hydrogen-bond donors (Lipinski definition) is 0. The second-order valence-corrected chi connectivity index (χ2v) is 8.84. The molecule has 33 heavy (non-hydrogen) atoms. The van der Waals surface area contributed by atoms with Crippen molar-refractivity contribution < 1.29 is 4.42 Å². The molecule has 0 saturated heterocycles.